The van der Waals surface area contributed by atoms with Gasteiger partial charge >= 0.3 is 0 Å². The number of carbonyl (C=O) groups excluding carboxylic acids is 1. The standard InChI is InChI=1S/C22H20F2N2O4S/c1-15-13-20(31(28,29)25-18-7-3-16(23)4-8-18)11-12-21(15)30-14-22(27)26(2)19-9-5-17(24)6-10-19/h3-13,25H,14H2,1-2H3. The lowest BCUT2D eigenvalue weighted by Crippen LogP contribution is -2.31. The lowest BCUT2D eigenvalue weighted by molar-refractivity contribution is -0.120. The normalized spacial score (nSPS) is 11.1. The van der Waals surface area contributed by atoms with Crippen molar-refractivity contribution in [2.75, 3.05) is 23.3 Å². The first kappa shape index (κ1) is 22.2. The van der Waals surface area contributed by atoms with Crippen molar-refractivity contribution in [2.24, 2.45) is 0 Å². The molecule has 0 unspecified atom stereocenters. The zero-order valence-corrected chi connectivity index (χ0v) is 17.6. The van der Waals surface area contributed by atoms with E-state index in [1.165, 1.54) is 59.5 Å². The molecule has 0 atom stereocenters. The third-order valence-electron chi connectivity index (χ3n) is 4.49. The van der Waals surface area contributed by atoms with Gasteiger partial charge in [-0.15, -0.1) is 0 Å². The Bertz CT molecular complexity index is 1180. The van der Waals surface area contributed by atoms with Crippen LogP contribution in [0.4, 0.5) is 20.2 Å². The van der Waals surface area contributed by atoms with E-state index in [0.29, 0.717) is 17.0 Å². The number of hydrogen-bond acceptors (Lipinski definition) is 4. The second-order valence-electron chi connectivity index (χ2n) is 6.76. The Labute approximate surface area is 179 Å². The van der Waals surface area contributed by atoms with E-state index in [9.17, 15) is 22.0 Å². The molecule has 31 heavy (non-hydrogen) atoms. The highest BCUT2D eigenvalue weighted by Gasteiger charge is 2.17. The van der Waals surface area contributed by atoms with Crippen molar-refractivity contribution < 1.29 is 26.7 Å². The average Bonchev–Trinajstić information content (AvgIpc) is 2.74. The fourth-order valence-electron chi connectivity index (χ4n) is 2.73. The molecule has 162 valence electrons. The number of aryl methyl sites for hydroxylation is 1. The molecule has 0 aromatic heterocycles. The fourth-order valence-corrected chi connectivity index (χ4v) is 3.87. The minimum absolute atomic E-state index is 0.00330. The van der Waals surface area contributed by atoms with Crippen molar-refractivity contribution in [3.05, 3.63) is 83.9 Å². The van der Waals surface area contributed by atoms with E-state index in [1.54, 1.807) is 14.0 Å². The molecule has 0 heterocycles. The van der Waals surface area contributed by atoms with Gasteiger partial charge in [0.1, 0.15) is 17.4 Å². The molecule has 0 saturated carbocycles. The molecule has 0 aliphatic rings. The SMILES string of the molecule is Cc1cc(S(=O)(=O)Nc2ccc(F)cc2)ccc1OCC(=O)N(C)c1ccc(F)cc1. The largest absolute Gasteiger partial charge is 0.483 e. The van der Waals surface area contributed by atoms with Gasteiger partial charge in [-0.2, -0.15) is 0 Å². The summed E-state index contributed by atoms with van der Waals surface area (Å²) in [5, 5.41) is 0. The minimum atomic E-state index is -3.88. The van der Waals surface area contributed by atoms with Crippen LogP contribution in [0.3, 0.4) is 0 Å². The molecule has 0 fully saturated rings. The quantitative estimate of drug-likeness (QED) is 0.593. The maximum Gasteiger partial charge on any atom is 0.264 e. The lowest BCUT2D eigenvalue weighted by atomic mass is 10.2. The molecule has 1 amide bonds. The monoisotopic (exact) mass is 446 g/mol. The number of nitrogens with one attached hydrogen (secondary N) is 1. The molecule has 0 saturated heterocycles. The van der Waals surface area contributed by atoms with E-state index in [2.05, 4.69) is 4.72 Å². The molecular formula is C22H20F2N2O4S. The van der Waals surface area contributed by atoms with Crippen molar-refractivity contribution in [3.63, 3.8) is 0 Å². The number of amides is 1. The number of nitrogens with zero attached hydrogens (tertiary/aromatic N) is 1. The van der Waals surface area contributed by atoms with Gasteiger partial charge in [-0.05, 0) is 79.2 Å². The molecule has 3 aromatic carbocycles. The number of halogens is 2. The van der Waals surface area contributed by atoms with E-state index >= 15 is 0 Å². The summed E-state index contributed by atoms with van der Waals surface area (Å²) in [6.45, 7) is 1.37. The minimum Gasteiger partial charge on any atom is -0.483 e. The van der Waals surface area contributed by atoms with Crippen LogP contribution in [0.5, 0.6) is 5.75 Å². The maximum atomic E-state index is 13.0. The van der Waals surface area contributed by atoms with Crippen LogP contribution >= 0.6 is 0 Å². The van der Waals surface area contributed by atoms with Gasteiger partial charge in [0.05, 0.1) is 4.90 Å². The number of hydrogen-bond donors (Lipinski definition) is 1. The number of rotatable bonds is 7. The Morgan fingerprint density at radius 1 is 0.968 bits per heavy atom. The van der Waals surface area contributed by atoms with Gasteiger partial charge in [0, 0.05) is 18.4 Å². The maximum absolute atomic E-state index is 13.0. The summed E-state index contributed by atoms with van der Waals surface area (Å²) in [7, 11) is -2.34. The van der Waals surface area contributed by atoms with Crippen molar-refractivity contribution in [1.29, 1.82) is 0 Å². The summed E-state index contributed by atoms with van der Waals surface area (Å²) >= 11 is 0. The number of carbonyl (C=O) groups is 1. The molecule has 1 N–H and O–H groups in total. The molecule has 0 radical (unpaired) electrons. The van der Waals surface area contributed by atoms with Crippen LogP contribution < -0.4 is 14.4 Å². The van der Waals surface area contributed by atoms with Crippen molar-refractivity contribution >= 4 is 27.3 Å². The molecule has 3 rings (SSSR count). The second kappa shape index (κ2) is 9.13. The smallest absolute Gasteiger partial charge is 0.264 e. The molecule has 0 spiro atoms. The molecule has 0 aliphatic heterocycles. The van der Waals surface area contributed by atoms with Gasteiger partial charge in [-0.3, -0.25) is 9.52 Å². The van der Waals surface area contributed by atoms with Gasteiger partial charge in [0.15, 0.2) is 6.61 Å². The summed E-state index contributed by atoms with van der Waals surface area (Å²) in [4.78, 5) is 13.7. The van der Waals surface area contributed by atoms with E-state index < -0.39 is 21.7 Å². The summed E-state index contributed by atoms with van der Waals surface area (Å²) in [6.07, 6.45) is 0. The number of benzene rings is 3. The summed E-state index contributed by atoms with van der Waals surface area (Å²) in [6, 6.07) is 14.6. The van der Waals surface area contributed by atoms with Crippen LogP contribution in [-0.4, -0.2) is 28.0 Å². The summed E-state index contributed by atoms with van der Waals surface area (Å²) < 4.78 is 59.0. The molecule has 0 aliphatic carbocycles. The second-order valence-corrected chi connectivity index (χ2v) is 8.44. The van der Waals surface area contributed by atoms with Crippen LogP contribution in [-0.2, 0) is 14.8 Å². The predicted molar refractivity (Wildman–Crippen MR) is 114 cm³/mol. The molecular weight excluding hydrogens is 426 g/mol. The Hall–Kier alpha value is -3.46. The predicted octanol–water partition coefficient (Wildman–Crippen LogP) is 4.12. The highest BCUT2D eigenvalue weighted by molar-refractivity contribution is 7.92. The van der Waals surface area contributed by atoms with Crippen LogP contribution in [0.25, 0.3) is 0 Å². The Morgan fingerprint density at radius 2 is 1.55 bits per heavy atom. The topological polar surface area (TPSA) is 75.7 Å². The van der Waals surface area contributed by atoms with Gasteiger partial charge in [0.25, 0.3) is 15.9 Å². The molecule has 9 heteroatoms. The first-order chi connectivity index (χ1) is 14.7. The average molecular weight is 446 g/mol. The van der Waals surface area contributed by atoms with Crippen LogP contribution in [0.1, 0.15) is 5.56 Å². The number of anilines is 2. The van der Waals surface area contributed by atoms with Gasteiger partial charge in [0.2, 0.25) is 0 Å². The van der Waals surface area contributed by atoms with Gasteiger partial charge in [-0.1, -0.05) is 0 Å². The zero-order valence-electron chi connectivity index (χ0n) is 16.8. The highest BCUT2D eigenvalue weighted by atomic mass is 32.2. The fraction of sp³-hybridized carbons (Fsp3) is 0.136. The van der Waals surface area contributed by atoms with Crippen LogP contribution in [0.15, 0.2) is 71.6 Å². The van der Waals surface area contributed by atoms with E-state index in [1.807, 2.05) is 0 Å². The van der Waals surface area contributed by atoms with Crippen molar-refractivity contribution in [1.82, 2.24) is 0 Å². The van der Waals surface area contributed by atoms with Gasteiger partial charge < -0.3 is 9.64 Å². The number of likely N-dealkylation sites (N-methyl/N-ethyl adjacent to an activating group) is 1. The molecule has 0 bridgehead atoms. The third kappa shape index (κ3) is 5.58. The Morgan fingerprint density at radius 3 is 2.13 bits per heavy atom. The number of ether oxygens (including phenoxy) is 1. The Balaban J connectivity index is 1.66. The lowest BCUT2D eigenvalue weighted by Gasteiger charge is -2.18. The Kier molecular flexibility index (Phi) is 6.55. The summed E-state index contributed by atoms with van der Waals surface area (Å²) in [5.74, 6) is -0.886. The van der Waals surface area contributed by atoms with Crippen LogP contribution in [0.2, 0.25) is 0 Å². The van der Waals surface area contributed by atoms with E-state index in [4.69, 9.17) is 4.74 Å². The van der Waals surface area contributed by atoms with Gasteiger partial charge in [-0.25, -0.2) is 17.2 Å². The zero-order chi connectivity index (χ0) is 22.6. The first-order valence-electron chi connectivity index (χ1n) is 9.20. The molecule has 3 aromatic rings. The van der Waals surface area contributed by atoms with Crippen molar-refractivity contribution in [3.8, 4) is 5.75 Å². The number of sulfonamides is 1. The third-order valence-corrected chi connectivity index (χ3v) is 5.87. The molecule has 6 nitrogen and oxygen atoms in total. The van der Waals surface area contributed by atoms with Crippen LogP contribution in [0, 0.1) is 18.6 Å². The first-order valence-corrected chi connectivity index (χ1v) is 10.7. The summed E-state index contributed by atoms with van der Waals surface area (Å²) in [5.41, 5.74) is 1.26. The highest BCUT2D eigenvalue weighted by Crippen LogP contribution is 2.24. The van der Waals surface area contributed by atoms with Crippen molar-refractivity contribution in [2.45, 2.75) is 11.8 Å². The van der Waals surface area contributed by atoms with E-state index in [-0.39, 0.29) is 23.1 Å². The van der Waals surface area contributed by atoms with E-state index in [0.717, 1.165) is 12.1 Å².